The topological polar surface area (TPSA) is 226 Å². The van der Waals surface area contributed by atoms with Crippen molar-refractivity contribution >= 4 is 0 Å². The molecule has 8 N–H and O–H groups in total. The Kier molecular flexibility index (Phi) is 12.2. The Morgan fingerprint density at radius 1 is 0.540 bits per heavy atom. The zero-order chi connectivity index (χ0) is 45.6. The lowest BCUT2D eigenvalue weighted by atomic mass is 9.31. The first-order chi connectivity index (χ1) is 29.5. The second-order valence-electron chi connectivity index (χ2n) is 24.0. The van der Waals surface area contributed by atoms with Crippen LogP contribution < -0.4 is 0 Å². The molecule has 15 nitrogen and oxygen atoms in total. The highest BCUT2D eigenvalue weighted by atomic mass is 16.8. The van der Waals surface area contributed by atoms with Gasteiger partial charge < -0.3 is 74.0 Å². The molecule has 0 amide bonds. The third-order valence-electron chi connectivity index (χ3n) is 20.4. The summed E-state index contributed by atoms with van der Waals surface area (Å²) in [6.07, 6.45) is -10.1. The van der Waals surface area contributed by atoms with Gasteiger partial charge in [0.2, 0.25) is 0 Å². The number of fused-ring (bicyclic) bond motifs is 5. The van der Waals surface area contributed by atoms with Gasteiger partial charge in [0, 0.05) is 0 Å². The fourth-order valence-electron chi connectivity index (χ4n) is 16.4. The highest BCUT2D eigenvalue weighted by molar-refractivity contribution is 5.21. The highest BCUT2D eigenvalue weighted by Crippen LogP contribution is 2.78. The molecule has 362 valence electrons. The number of aliphatic hydroxyl groups excluding tert-OH is 8. The minimum Gasteiger partial charge on any atom is -0.394 e. The first-order valence-electron chi connectivity index (χ1n) is 24.4. The minimum atomic E-state index is -1.71. The summed E-state index contributed by atoms with van der Waals surface area (Å²) in [5, 5.41) is 86.7. The molecule has 0 aromatic rings. The largest absolute Gasteiger partial charge is 0.394 e. The van der Waals surface area contributed by atoms with Crippen LogP contribution in [-0.2, 0) is 33.2 Å². The van der Waals surface area contributed by atoms with Gasteiger partial charge >= 0.3 is 0 Å². The molecule has 4 aliphatic heterocycles. The first-order valence-corrected chi connectivity index (χ1v) is 24.4. The molecular weight excluding hydrogens is 817 g/mol. The van der Waals surface area contributed by atoms with Crippen LogP contribution in [0, 0.1) is 56.2 Å². The molecule has 0 radical (unpaired) electrons. The van der Waals surface area contributed by atoms with Gasteiger partial charge in [-0.3, -0.25) is 0 Å². The molecule has 15 heteroatoms. The van der Waals surface area contributed by atoms with E-state index < -0.39 is 98.7 Å². The Hall–Kier alpha value is -0.600. The van der Waals surface area contributed by atoms with Crippen molar-refractivity contribution in [3.05, 3.63) is 0 Å². The van der Waals surface area contributed by atoms with Crippen molar-refractivity contribution in [3.63, 3.8) is 0 Å². The van der Waals surface area contributed by atoms with E-state index in [4.69, 9.17) is 33.2 Å². The van der Waals surface area contributed by atoms with Crippen LogP contribution in [0.5, 0.6) is 0 Å². The van der Waals surface area contributed by atoms with E-state index in [0.717, 1.165) is 25.9 Å². The lowest BCUT2D eigenvalue weighted by Gasteiger charge is -2.73. The summed E-state index contributed by atoms with van der Waals surface area (Å²) in [4.78, 5) is 0. The van der Waals surface area contributed by atoms with Crippen molar-refractivity contribution < 1.29 is 74.0 Å². The molecule has 4 heterocycles. The van der Waals surface area contributed by atoms with E-state index in [0.29, 0.717) is 41.6 Å². The molecule has 25 atom stereocenters. The summed E-state index contributed by atoms with van der Waals surface area (Å²) >= 11 is 0. The van der Waals surface area contributed by atoms with E-state index in [1.54, 1.807) is 0 Å². The quantitative estimate of drug-likeness (QED) is 0.172. The Labute approximate surface area is 373 Å². The maximum atomic E-state index is 12.2. The Balaban J connectivity index is 0.967. The molecule has 9 fully saturated rings. The number of aliphatic hydroxyl groups is 8. The van der Waals surface area contributed by atoms with E-state index in [1.165, 1.54) is 52.4 Å². The van der Waals surface area contributed by atoms with E-state index in [9.17, 15) is 40.9 Å². The van der Waals surface area contributed by atoms with Gasteiger partial charge in [-0.15, -0.1) is 0 Å². The van der Waals surface area contributed by atoms with Crippen LogP contribution in [0.1, 0.15) is 127 Å². The van der Waals surface area contributed by atoms with E-state index in [2.05, 4.69) is 48.5 Å². The van der Waals surface area contributed by atoms with Crippen LogP contribution in [-0.4, -0.2) is 158 Å². The molecule has 0 aromatic heterocycles. The minimum absolute atomic E-state index is 0.0411. The predicted octanol–water partition coefficient (Wildman–Crippen LogP) is 2.77. The first kappa shape index (κ1) is 47.5. The maximum absolute atomic E-state index is 12.2. The number of ether oxygens (including phenoxy) is 7. The second-order valence-corrected chi connectivity index (χ2v) is 24.0. The van der Waals surface area contributed by atoms with Crippen molar-refractivity contribution in [2.75, 3.05) is 13.2 Å². The van der Waals surface area contributed by atoms with E-state index in [-0.39, 0.29) is 33.2 Å². The standard InChI is InChI=1S/C48H80O15/c1-22-30(50)32(52)34(54)40(58-22)62-37-25(20-49)60-42(38(36(37)56)63-41-35(55)33(53)31(51)23(2)59-41)61-28-13-14-45(7)26(44(28,5)6)12-15-47(9)27(45)11-10-24-29-39-43(3,4)16-18-48(29,21-57-39)19-17-46(24,47)8/h22-42,49-56H,10-21H2,1-9H3/t22-,23-,24?,25+,26?,27?,28-,29?,30-,31-,32+,33+,34+,35+,36-,37+,38+,39-,40-,41-,42-,45-,46+,47+,48+/m0/s1. The Morgan fingerprint density at radius 2 is 1.14 bits per heavy atom. The third-order valence-corrected chi connectivity index (χ3v) is 20.4. The molecular formula is C48H80O15. The van der Waals surface area contributed by atoms with Crippen molar-refractivity contribution in [3.8, 4) is 0 Å². The highest BCUT2D eigenvalue weighted by Gasteiger charge is 2.73. The monoisotopic (exact) mass is 897 g/mol. The summed E-state index contributed by atoms with van der Waals surface area (Å²) in [6, 6.07) is 0. The van der Waals surface area contributed by atoms with E-state index in [1.807, 2.05) is 0 Å². The lowest BCUT2D eigenvalue weighted by molar-refractivity contribution is -0.393. The number of hydrogen-bond donors (Lipinski definition) is 8. The number of hydrogen-bond acceptors (Lipinski definition) is 15. The summed E-state index contributed by atoms with van der Waals surface area (Å²) in [6.45, 7) is 20.6. The van der Waals surface area contributed by atoms with Crippen LogP contribution in [0.4, 0.5) is 0 Å². The summed E-state index contributed by atoms with van der Waals surface area (Å²) < 4.78 is 44.1. The fourth-order valence-corrected chi connectivity index (χ4v) is 16.4. The normalized spacial score (nSPS) is 58.5. The van der Waals surface area contributed by atoms with Crippen LogP contribution in [0.2, 0.25) is 0 Å². The van der Waals surface area contributed by atoms with Crippen LogP contribution in [0.15, 0.2) is 0 Å². The molecule has 0 spiro atoms. The van der Waals surface area contributed by atoms with Gasteiger partial charge in [0.05, 0.1) is 37.6 Å². The Morgan fingerprint density at radius 3 is 1.76 bits per heavy atom. The second kappa shape index (κ2) is 16.3. The molecule has 63 heavy (non-hydrogen) atoms. The fraction of sp³-hybridized carbons (Fsp3) is 1.00. The zero-order valence-corrected chi connectivity index (χ0v) is 39.0. The van der Waals surface area contributed by atoms with Gasteiger partial charge in [-0.25, -0.2) is 0 Å². The maximum Gasteiger partial charge on any atom is 0.187 e. The van der Waals surface area contributed by atoms with Crippen LogP contribution in [0.3, 0.4) is 0 Å². The molecule has 5 aliphatic carbocycles. The van der Waals surface area contributed by atoms with Gasteiger partial charge in [-0.1, -0.05) is 48.5 Å². The average Bonchev–Trinajstić information content (AvgIpc) is 3.57. The number of rotatable bonds is 7. The predicted molar refractivity (Wildman–Crippen MR) is 225 cm³/mol. The van der Waals surface area contributed by atoms with Gasteiger partial charge in [0.1, 0.15) is 61.0 Å². The van der Waals surface area contributed by atoms with Crippen LogP contribution in [0.25, 0.3) is 0 Å². The molecule has 0 aromatic carbocycles. The third kappa shape index (κ3) is 7.04. The van der Waals surface area contributed by atoms with Crippen molar-refractivity contribution in [1.29, 1.82) is 0 Å². The van der Waals surface area contributed by atoms with Gasteiger partial charge in [-0.05, 0) is 134 Å². The summed E-state index contributed by atoms with van der Waals surface area (Å²) in [5.41, 5.74) is 0.589. The SMILES string of the molecule is C[C@@H]1O[C@@H](O[C@H]2[C@H](O[C@H]3CC[C@@]4(C)C(CC[C@]5(C)C4CCC4C6[C@@H]7OC[C@@]6(CCC7(C)C)CC[C@]45C)C3(C)C)O[C@H](CO)[C@@H](O[C@@H]3O[C@@H](C)[C@H](O)[C@@H](O)[C@H]3O)[C@@H]2O)[C@H](O)[C@H](O)[C@H]1O. The zero-order valence-electron chi connectivity index (χ0n) is 39.0. The molecule has 4 unspecified atom stereocenters. The van der Waals surface area contributed by atoms with Crippen molar-refractivity contribution in [2.45, 2.75) is 231 Å². The Bertz CT molecular complexity index is 1670. The summed E-state index contributed by atoms with van der Waals surface area (Å²) in [7, 11) is 0. The molecule has 2 bridgehead atoms. The van der Waals surface area contributed by atoms with Crippen LogP contribution >= 0.6 is 0 Å². The smallest absolute Gasteiger partial charge is 0.187 e. The van der Waals surface area contributed by atoms with Gasteiger partial charge in [0.25, 0.3) is 0 Å². The molecule has 9 rings (SSSR count). The molecule has 9 aliphatic rings. The summed E-state index contributed by atoms with van der Waals surface area (Å²) in [5.74, 6) is 2.11. The lowest BCUT2D eigenvalue weighted by Crippen LogP contribution is -2.69. The molecule has 4 saturated heterocycles. The van der Waals surface area contributed by atoms with Gasteiger partial charge in [0.15, 0.2) is 18.9 Å². The average molecular weight is 897 g/mol. The van der Waals surface area contributed by atoms with Crippen molar-refractivity contribution in [1.82, 2.24) is 0 Å². The molecule has 5 saturated carbocycles. The van der Waals surface area contributed by atoms with Crippen molar-refractivity contribution in [2.24, 2.45) is 56.2 Å². The van der Waals surface area contributed by atoms with E-state index >= 15 is 0 Å². The van der Waals surface area contributed by atoms with Gasteiger partial charge in [-0.2, -0.15) is 0 Å².